The summed E-state index contributed by atoms with van der Waals surface area (Å²) in [6.45, 7) is -0.316. The van der Waals surface area contributed by atoms with Gasteiger partial charge >= 0.3 is 6.18 Å². The van der Waals surface area contributed by atoms with Crippen LogP contribution in [-0.2, 0) is 22.2 Å². The highest BCUT2D eigenvalue weighted by atomic mass is 19.4. The molecule has 6 nitrogen and oxygen atoms in total. The number of rotatable bonds is 6. The number of halogens is 3. The molecule has 2 rings (SSSR count). The maximum atomic E-state index is 12.5. The minimum Gasteiger partial charge on any atom is -0.368 e. The maximum absolute atomic E-state index is 12.5. The standard InChI is InChI=1S/C18H16F3N3O3/c19-18(20,21)13-6-4-11(5-7-13)8-16(26)24-14-3-1-2-12(9-14)17(27)23-10-15(22)25/h1-7,9H,8,10H2,(H2,22,25)(H,23,27)(H,24,26). The maximum Gasteiger partial charge on any atom is 0.416 e. The van der Waals surface area contributed by atoms with Crippen LogP contribution in [-0.4, -0.2) is 24.3 Å². The predicted molar refractivity (Wildman–Crippen MR) is 91.7 cm³/mol. The fourth-order valence-electron chi connectivity index (χ4n) is 2.21. The zero-order valence-electron chi connectivity index (χ0n) is 14.0. The Labute approximate surface area is 152 Å². The van der Waals surface area contributed by atoms with Crippen LogP contribution in [0.5, 0.6) is 0 Å². The second-order valence-electron chi connectivity index (χ2n) is 5.65. The van der Waals surface area contributed by atoms with Gasteiger partial charge in [0.25, 0.3) is 5.91 Å². The average molecular weight is 379 g/mol. The third-order valence-corrected chi connectivity index (χ3v) is 3.48. The summed E-state index contributed by atoms with van der Waals surface area (Å²) >= 11 is 0. The van der Waals surface area contributed by atoms with Crippen molar-refractivity contribution in [2.75, 3.05) is 11.9 Å². The molecule has 0 bridgehead atoms. The number of benzene rings is 2. The molecular formula is C18H16F3N3O3. The third-order valence-electron chi connectivity index (χ3n) is 3.48. The topological polar surface area (TPSA) is 101 Å². The average Bonchev–Trinajstić information content (AvgIpc) is 2.59. The van der Waals surface area contributed by atoms with Crippen LogP contribution in [0.3, 0.4) is 0 Å². The Kier molecular flexibility index (Phi) is 6.17. The molecule has 0 saturated heterocycles. The van der Waals surface area contributed by atoms with Crippen LogP contribution in [0.1, 0.15) is 21.5 Å². The summed E-state index contributed by atoms with van der Waals surface area (Å²) in [7, 11) is 0. The van der Waals surface area contributed by atoms with E-state index in [9.17, 15) is 27.6 Å². The largest absolute Gasteiger partial charge is 0.416 e. The first-order valence-electron chi connectivity index (χ1n) is 7.77. The van der Waals surface area contributed by atoms with E-state index in [1.54, 1.807) is 6.07 Å². The van der Waals surface area contributed by atoms with E-state index in [0.29, 0.717) is 11.3 Å². The molecule has 27 heavy (non-hydrogen) atoms. The van der Waals surface area contributed by atoms with Crippen molar-refractivity contribution in [1.29, 1.82) is 0 Å². The molecule has 0 aliphatic rings. The van der Waals surface area contributed by atoms with Crippen molar-refractivity contribution in [3.63, 3.8) is 0 Å². The van der Waals surface area contributed by atoms with Crippen molar-refractivity contribution in [3.8, 4) is 0 Å². The minimum atomic E-state index is -4.43. The van der Waals surface area contributed by atoms with Gasteiger partial charge < -0.3 is 16.4 Å². The smallest absolute Gasteiger partial charge is 0.368 e. The Bertz CT molecular complexity index is 849. The molecule has 142 valence electrons. The Morgan fingerprint density at radius 2 is 1.67 bits per heavy atom. The number of nitrogens with two attached hydrogens (primary N) is 1. The fraction of sp³-hybridized carbons (Fsp3) is 0.167. The molecule has 0 fully saturated rings. The van der Waals surface area contributed by atoms with E-state index in [-0.39, 0.29) is 18.5 Å². The number of hydrogen-bond donors (Lipinski definition) is 3. The lowest BCUT2D eigenvalue weighted by molar-refractivity contribution is -0.137. The molecule has 0 aromatic heterocycles. The van der Waals surface area contributed by atoms with Crippen molar-refractivity contribution >= 4 is 23.4 Å². The molecule has 4 N–H and O–H groups in total. The highest BCUT2D eigenvalue weighted by Crippen LogP contribution is 2.29. The van der Waals surface area contributed by atoms with Crippen LogP contribution < -0.4 is 16.4 Å². The minimum absolute atomic E-state index is 0.129. The molecule has 9 heteroatoms. The van der Waals surface area contributed by atoms with Crippen LogP contribution in [0.2, 0.25) is 0 Å². The van der Waals surface area contributed by atoms with Gasteiger partial charge in [0.05, 0.1) is 18.5 Å². The van der Waals surface area contributed by atoms with Gasteiger partial charge in [-0.15, -0.1) is 0 Å². The van der Waals surface area contributed by atoms with Gasteiger partial charge in [0.1, 0.15) is 0 Å². The number of carbonyl (C=O) groups excluding carboxylic acids is 3. The van der Waals surface area contributed by atoms with Crippen LogP contribution in [0.4, 0.5) is 18.9 Å². The normalized spacial score (nSPS) is 10.9. The summed E-state index contributed by atoms with van der Waals surface area (Å²) in [5.41, 5.74) is 5.11. The quantitative estimate of drug-likeness (QED) is 0.716. The summed E-state index contributed by atoms with van der Waals surface area (Å²) in [6, 6.07) is 10.3. The van der Waals surface area contributed by atoms with E-state index >= 15 is 0 Å². The second-order valence-corrected chi connectivity index (χ2v) is 5.65. The number of amides is 3. The van der Waals surface area contributed by atoms with Gasteiger partial charge in [-0.25, -0.2) is 0 Å². The Morgan fingerprint density at radius 3 is 2.26 bits per heavy atom. The molecule has 2 aromatic rings. The van der Waals surface area contributed by atoms with Crippen molar-refractivity contribution in [1.82, 2.24) is 5.32 Å². The third kappa shape index (κ3) is 6.14. The molecule has 0 atom stereocenters. The molecule has 0 aliphatic carbocycles. The molecule has 0 spiro atoms. The molecule has 0 heterocycles. The molecule has 0 unspecified atom stereocenters. The molecule has 3 amide bonds. The molecule has 0 aliphatic heterocycles. The van der Waals surface area contributed by atoms with Crippen LogP contribution in [0.25, 0.3) is 0 Å². The SMILES string of the molecule is NC(=O)CNC(=O)c1cccc(NC(=O)Cc2ccc(C(F)(F)F)cc2)c1. The first-order valence-corrected chi connectivity index (χ1v) is 7.77. The van der Waals surface area contributed by atoms with E-state index in [4.69, 9.17) is 5.73 Å². The van der Waals surface area contributed by atoms with Gasteiger partial charge in [0.2, 0.25) is 11.8 Å². The molecule has 0 radical (unpaired) electrons. The van der Waals surface area contributed by atoms with Gasteiger partial charge in [-0.2, -0.15) is 13.2 Å². The lowest BCUT2D eigenvalue weighted by Gasteiger charge is -2.09. The van der Waals surface area contributed by atoms with Crippen molar-refractivity contribution in [2.45, 2.75) is 12.6 Å². The summed E-state index contributed by atoms with van der Waals surface area (Å²) in [5, 5.41) is 4.88. The fourth-order valence-corrected chi connectivity index (χ4v) is 2.21. The van der Waals surface area contributed by atoms with Gasteiger partial charge in [-0.3, -0.25) is 14.4 Å². The van der Waals surface area contributed by atoms with Gasteiger partial charge in [-0.1, -0.05) is 18.2 Å². The van der Waals surface area contributed by atoms with Crippen molar-refractivity contribution in [3.05, 3.63) is 65.2 Å². The van der Waals surface area contributed by atoms with Gasteiger partial charge in [0.15, 0.2) is 0 Å². The summed E-state index contributed by atoms with van der Waals surface area (Å²) in [4.78, 5) is 34.6. The number of hydrogen-bond acceptors (Lipinski definition) is 3. The van der Waals surface area contributed by atoms with E-state index < -0.39 is 29.5 Å². The Balaban J connectivity index is 1.98. The summed E-state index contributed by atoms with van der Waals surface area (Å²) < 4.78 is 37.6. The second kappa shape index (κ2) is 8.35. The number of nitrogens with one attached hydrogen (secondary N) is 2. The molecule has 2 aromatic carbocycles. The first-order chi connectivity index (χ1) is 12.6. The lowest BCUT2D eigenvalue weighted by Crippen LogP contribution is -2.33. The number of carbonyl (C=O) groups is 3. The Morgan fingerprint density at radius 1 is 1.00 bits per heavy atom. The molecular weight excluding hydrogens is 363 g/mol. The zero-order valence-corrected chi connectivity index (χ0v) is 14.0. The zero-order chi connectivity index (χ0) is 20.0. The van der Waals surface area contributed by atoms with E-state index in [1.807, 2.05) is 0 Å². The van der Waals surface area contributed by atoms with Crippen molar-refractivity contribution in [2.24, 2.45) is 5.73 Å². The summed E-state index contributed by atoms with van der Waals surface area (Å²) in [5.74, 6) is -1.68. The predicted octanol–water partition coefficient (Wildman–Crippen LogP) is 2.10. The number of alkyl halides is 3. The van der Waals surface area contributed by atoms with Crippen LogP contribution in [0.15, 0.2) is 48.5 Å². The van der Waals surface area contributed by atoms with Gasteiger partial charge in [-0.05, 0) is 35.9 Å². The summed E-state index contributed by atoms with van der Waals surface area (Å²) in [6.07, 6.45) is -4.56. The number of primary amides is 1. The van der Waals surface area contributed by atoms with Gasteiger partial charge in [0, 0.05) is 11.3 Å². The highest BCUT2D eigenvalue weighted by molar-refractivity contribution is 5.98. The highest BCUT2D eigenvalue weighted by Gasteiger charge is 2.29. The molecule has 0 saturated carbocycles. The number of anilines is 1. The monoisotopic (exact) mass is 379 g/mol. The van der Waals surface area contributed by atoms with E-state index in [1.165, 1.54) is 30.3 Å². The van der Waals surface area contributed by atoms with E-state index in [2.05, 4.69) is 10.6 Å². The van der Waals surface area contributed by atoms with Crippen LogP contribution >= 0.6 is 0 Å². The Hall–Kier alpha value is -3.36. The van der Waals surface area contributed by atoms with E-state index in [0.717, 1.165) is 12.1 Å². The first kappa shape index (κ1) is 20.0. The lowest BCUT2D eigenvalue weighted by atomic mass is 10.1. The van der Waals surface area contributed by atoms with Crippen molar-refractivity contribution < 1.29 is 27.6 Å². The van der Waals surface area contributed by atoms with Crippen LogP contribution in [0, 0.1) is 0 Å².